The number of nitrogens with zero attached hydrogens (tertiary/aromatic N) is 1. The quantitative estimate of drug-likeness (QED) is 0.617. The van der Waals surface area contributed by atoms with Gasteiger partial charge in [-0.1, -0.05) is 39.7 Å². The fourth-order valence-corrected chi connectivity index (χ4v) is 4.02. The van der Waals surface area contributed by atoms with E-state index in [1.807, 2.05) is 0 Å². The van der Waals surface area contributed by atoms with Gasteiger partial charge in [0, 0.05) is 18.7 Å². The van der Waals surface area contributed by atoms with Gasteiger partial charge in [0.25, 0.3) is 5.91 Å². The highest BCUT2D eigenvalue weighted by Crippen LogP contribution is 2.17. The first kappa shape index (κ1) is 22.7. The Morgan fingerprint density at radius 2 is 1.85 bits per heavy atom. The molecular formula is C19H27N3O4S. The molecule has 7 nitrogen and oxygen atoms in total. The summed E-state index contributed by atoms with van der Waals surface area (Å²) in [6.45, 7) is 7.82. The Labute approximate surface area is 161 Å². The molecule has 0 saturated heterocycles. The van der Waals surface area contributed by atoms with Crippen LogP contribution in [0.5, 0.6) is 0 Å². The van der Waals surface area contributed by atoms with E-state index in [4.69, 9.17) is 6.42 Å². The normalized spacial score (nSPS) is 12.5. The summed E-state index contributed by atoms with van der Waals surface area (Å²) in [4.78, 5) is 24.8. The second-order valence-electron chi connectivity index (χ2n) is 6.23. The number of amides is 2. The van der Waals surface area contributed by atoms with Crippen LogP contribution in [0.1, 0.15) is 38.1 Å². The molecule has 0 spiro atoms. The molecule has 2 N–H and O–H groups in total. The van der Waals surface area contributed by atoms with E-state index in [-0.39, 0.29) is 28.8 Å². The summed E-state index contributed by atoms with van der Waals surface area (Å²) in [7, 11) is -3.68. The minimum atomic E-state index is -3.68. The number of sulfonamides is 1. The van der Waals surface area contributed by atoms with Crippen molar-refractivity contribution in [3.8, 4) is 12.3 Å². The Bertz CT molecular complexity index is 808. The highest BCUT2D eigenvalue weighted by molar-refractivity contribution is 7.89. The minimum absolute atomic E-state index is 0.0386. The third kappa shape index (κ3) is 5.81. The van der Waals surface area contributed by atoms with Gasteiger partial charge >= 0.3 is 0 Å². The Morgan fingerprint density at radius 3 is 2.37 bits per heavy atom. The molecule has 0 unspecified atom stereocenters. The van der Waals surface area contributed by atoms with Gasteiger partial charge in [0.05, 0.1) is 11.4 Å². The number of hydrogen-bond acceptors (Lipinski definition) is 4. The van der Waals surface area contributed by atoms with E-state index in [9.17, 15) is 18.0 Å². The Hall–Kier alpha value is -2.37. The van der Waals surface area contributed by atoms with Gasteiger partial charge in [-0.25, -0.2) is 8.42 Å². The SMILES string of the molecule is C#CCNC(=O)[C@@H](NC(=O)c1cccc(S(=O)(=O)N(CC)CC)c1)C(C)C. The van der Waals surface area contributed by atoms with E-state index in [1.54, 1.807) is 27.7 Å². The number of nitrogens with one attached hydrogen (secondary N) is 2. The first-order valence-electron chi connectivity index (χ1n) is 8.81. The van der Waals surface area contributed by atoms with Gasteiger partial charge in [-0.2, -0.15) is 4.31 Å². The molecule has 8 heteroatoms. The summed E-state index contributed by atoms with van der Waals surface area (Å²) < 4.78 is 26.6. The molecule has 2 amide bonds. The summed E-state index contributed by atoms with van der Waals surface area (Å²) >= 11 is 0. The Kier molecular flexibility index (Phi) is 8.47. The van der Waals surface area contributed by atoms with Gasteiger partial charge in [0.2, 0.25) is 15.9 Å². The molecule has 0 aliphatic carbocycles. The van der Waals surface area contributed by atoms with Crippen LogP contribution in [-0.4, -0.2) is 50.2 Å². The van der Waals surface area contributed by atoms with Crippen molar-refractivity contribution >= 4 is 21.8 Å². The van der Waals surface area contributed by atoms with E-state index < -0.39 is 22.0 Å². The third-order valence-electron chi connectivity index (χ3n) is 4.04. The Morgan fingerprint density at radius 1 is 1.22 bits per heavy atom. The van der Waals surface area contributed by atoms with Crippen LogP contribution in [0, 0.1) is 18.3 Å². The van der Waals surface area contributed by atoms with Gasteiger partial charge in [0.15, 0.2) is 0 Å². The average molecular weight is 394 g/mol. The van der Waals surface area contributed by atoms with E-state index >= 15 is 0 Å². The van der Waals surface area contributed by atoms with E-state index in [2.05, 4.69) is 16.6 Å². The topological polar surface area (TPSA) is 95.6 Å². The van der Waals surface area contributed by atoms with Crippen molar-refractivity contribution in [3.63, 3.8) is 0 Å². The zero-order chi connectivity index (χ0) is 20.6. The molecule has 0 bridgehead atoms. The van der Waals surface area contributed by atoms with Gasteiger partial charge in [0.1, 0.15) is 6.04 Å². The largest absolute Gasteiger partial charge is 0.343 e. The molecule has 0 aliphatic rings. The summed E-state index contributed by atoms with van der Waals surface area (Å²) in [6.07, 6.45) is 5.14. The zero-order valence-corrected chi connectivity index (χ0v) is 17.0. The van der Waals surface area contributed by atoms with Crippen LogP contribution in [0.4, 0.5) is 0 Å². The molecular weight excluding hydrogens is 366 g/mol. The molecule has 0 aromatic heterocycles. The van der Waals surface area contributed by atoms with Crippen molar-refractivity contribution < 1.29 is 18.0 Å². The molecule has 148 valence electrons. The molecule has 27 heavy (non-hydrogen) atoms. The van der Waals surface area contributed by atoms with Crippen LogP contribution in [0.25, 0.3) is 0 Å². The monoisotopic (exact) mass is 393 g/mol. The molecule has 1 rings (SSSR count). The zero-order valence-electron chi connectivity index (χ0n) is 16.2. The van der Waals surface area contributed by atoms with Crippen LogP contribution in [0.2, 0.25) is 0 Å². The highest BCUT2D eigenvalue weighted by Gasteiger charge is 2.26. The molecule has 0 saturated carbocycles. The van der Waals surface area contributed by atoms with Crippen LogP contribution >= 0.6 is 0 Å². The minimum Gasteiger partial charge on any atom is -0.343 e. The second-order valence-corrected chi connectivity index (χ2v) is 8.17. The summed E-state index contributed by atoms with van der Waals surface area (Å²) in [5.74, 6) is 1.22. The molecule has 1 aromatic carbocycles. The fraction of sp³-hybridized carbons (Fsp3) is 0.474. The summed E-state index contributed by atoms with van der Waals surface area (Å²) in [5, 5.41) is 5.19. The standard InChI is InChI=1S/C19H27N3O4S/c1-6-12-20-19(24)17(14(4)5)21-18(23)15-10-9-11-16(13-15)27(25,26)22(7-2)8-3/h1,9-11,13-14,17H,7-8,12H2,2-5H3,(H,20,24)(H,21,23)/t17-/m0/s1. The summed E-state index contributed by atoms with van der Waals surface area (Å²) in [5.41, 5.74) is 0.165. The number of terminal acetylenes is 1. The molecule has 0 fully saturated rings. The summed E-state index contributed by atoms with van der Waals surface area (Å²) in [6, 6.07) is 5.00. The van der Waals surface area contributed by atoms with Crippen molar-refractivity contribution in [3.05, 3.63) is 29.8 Å². The molecule has 0 aliphatic heterocycles. The maximum absolute atomic E-state index is 12.6. The van der Waals surface area contributed by atoms with Crippen LogP contribution in [0.15, 0.2) is 29.2 Å². The molecule has 0 heterocycles. The molecule has 0 radical (unpaired) electrons. The number of carbonyl (C=O) groups excluding carboxylic acids is 2. The predicted octanol–water partition coefficient (Wildman–Crippen LogP) is 1.22. The smallest absolute Gasteiger partial charge is 0.251 e. The number of rotatable bonds is 9. The maximum Gasteiger partial charge on any atom is 0.251 e. The number of hydrogen-bond donors (Lipinski definition) is 2. The average Bonchev–Trinajstić information content (AvgIpc) is 2.64. The molecule has 1 aromatic rings. The highest BCUT2D eigenvalue weighted by atomic mass is 32.2. The predicted molar refractivity (Wildman–Crippen MR) is 104 cm³/mol. The maximum atomic E-state index is 12.6. The lowest BCUT2D eigenvalue weighted by atomic mass is 10.0. The Balaban J connectivity index is 3.08. The number of carbonyl (C=O) groups is 2. The molecule has 1 atom stereocenters. The van der Waals surface area contributed by atoms with Gasteiger partial charge in [-0.15, -0.1) is 6.42 Å². The second kappa shape index (κ2) is 10.1. The third-order valence-corrected chi connectivity index (χ3v) is 6.09. The van der Waals surface area contributed by atoms with Crippen LogP contribution in [0.3, 0.4) is 0 Å². The van der Waals surface area contributed by atoms with Crippen molar-refractivity contribution in [1.82, 2.24) is 14.9 Å². The lowest BCUT2D eigenvalue weighted by molar-refractivity contribution is -0.123. The van der Waals surface area contributed by atoms with Crippen LogP contribution in [-0.2, 0) is 14.8 Å². The van der Waals surface area contributed by atoms with E-state index in [0.29, 0.717) is 13.1 Å². The van der Waals surface area contributed by atoms with Crippen molar-refractivity contribution in [2.24, 2.45) is 5.92 Å². The van der Waals surface area contributed by atoms with Gasteiger partial charge < -0.3 is 10.6 Å². The van der Waals surface area contributed by atoms with E-state index in [1.165, 1.54) is 28.6 Å². The van der Waals surface area contributed by atoms with Crippen molar-refractivity contribution in [2.45, 2.75) is 38.6 Å². The van der Waals surface area contributed by atoms with E-state index in [0.717, 1.165) is 0 Å². The first-order valence-corrected chi connectivity index (χ1v) is 10.2. The fourth-order valence-electron chi connectivity index (χ4n) is 2.52. The van der Waals surface area contributed by atoms with Gasteiger partial charge in [-0.3, -0.25) is 9.59 Å². The first-order chi connectivity index (χ1) is 12.7. The van der Waals surface area contributed by atoms with Crippen LogP contribution < -0.4 is 10.6 Å². The number of benzene rings is 1. The van der Waals surface area contributed by atoms with Gasteiger partial charge in [-0.05, 0) is 24.1 Å². The lowest BCUT2D eigenvalue weighted by Gasteiger charge is -2.22. The lowest BCUT2D eigenvalue weighted by Crippen LogP contribution is -2.49. The van der Waals surface area contributed by atoms with Crippen molar-refractivity contribution in [1.29, 1.82) is 0 Å². The van der Waals surface area contributed by atoms with Crippen molar-refractivity contribution in [2.75, 3.05) is 19.6 Å².